The Balaban J connectivity index is 1.29. The SMILES string of the molecule is C1CCS[C@@H]2SC3=C(SC(=C4SC5=C(OCCO5)S4)S3)S[C@@H]2SCC1. The highest BCUT2D eigenvalue weighted by Crippen LogP contribution is 2.68. The first-order chi connectivity index (χ1) is 12.4. The van der Waals surface area contributed by atoms with Gasteiger partial charge in [-0.2, -0.15) is 0 Å². The van der Waals surface area contributed by atoms with Crippen LogP contribution < -0.4 is 0 Å². The van der Waals surface area contributed by atoms with Crippen LogP contribution in [0.15, 0.2) is 27.1 Å². The van der Waals surface area contributed by atoms with Crippen molar-refractivity contribution in [3.05, 3.63) is 27.1 Å². The van der Waals surface area contributed by atoms with Gasteiger partial charge in [0.2, 0.25) is 10.2 Å². The molecule has 1 saturated heterocycles. The fourth-order valence-electron chi connectivity index (χ4n) is 2.63. The van der Waals surface area contributed by atoms with Crippen LogP contribution in [0.3, 0.4) is 0 Å². The average Bonchev–Trinajstić information content (AvgIpc) is 3.25. The standard InChI is InChI=1S/C15H16O2S8/c1-2-6-18-10-11(19-7-3-1)23-15-14(22-10)24-13(25-15)12-20-8-9(21-12)17-5-4-16-8/h10-11H,1-7H2/t10-,11+. The van der Waals surface area contributed by atoms with Crippen LogP contribution in [0.2, 0.25) is 0 Å². The Kier molecular flexibility index (Phi) is 6.37. The highest BCUT2D eigenvalue weighted by molar-refractivity contribution is 8.45. The van der Waals surface area contributed by atoms with E-state index in [9.17, 15) is 0 Å². The number of fused-ring (bicyclic) bond motifs is 1. The second-order valence-electron chi connectivity index (χ2n) is 5.60. The lowest BCUT2D eigenvalue weighted by molar-refractivity contribution is 0.0949. The molecule has 0 bridgehead atoms. The van der Waals surface area contributed by atoms with Crippen molar-refractivity contribution in [3.8, 4) is 0 Å². The first kappa shape index (κ1) is 18.6. The number of hydrogen-bond donors (Lipinski definition) is 0. The summed E-state index contributed by atoms with van der Waals surface area (Å²) >= 11 is 16.1. The van der Waals surface area contributed by atoms with Crippen LogP contribution in [-0.2, 0) is 9.47 Å². The third-order valence-corrected chi connectivity index (χ3v) is 16.5. The Labute approximate surface area is 182 Å². The number of thioether (sulfide) groups is 8. The molecule has 25 heavy (non-hydrogen) atoms. The molecule has 0 aromatic carbocycles. The zero-order chi connectivity index (χ0) is 16.6. The van der Waals surface area contributed by atoms with Gasteiger partial charge in [0.25, 0.3) is 0 Å². The lowest BCUT2D eigenvalue weighted by atomic mass is 10.3. The minimum absolute atomic E-state index is 0.674. The molecule has 1 fully saturated rings. The first-order valence-corrected chi connectivity index (χ1v) is 15.3. The summed E-state index contributed by atoms with van der Waals surface area (Å²) in [6, 6.07) is 0. The average molecular weight is 485 g/mol. The van der Waals surface area contributed by atoms with Crippen molar-refractivity contribution in [1.29, 1.82) is 0 Å². The lowest BCUT2D eigenvalue weighted by Crippen LogP contribution is -2.16. The Morgan fingerprint density at radius 3 is 1.68 bits per heavy atom. The maximum Gasteiger partial charge on any atom is 0.208 e. The maximum atomic E-state index is 5.74. The summed E-state index contributed by atoms with van der Waals surface area (Å²) in [6.45, 7) is 1.35. The van der Waals surface area contributed by atoms with Gasteiger partial charge in [-0.3, -0.25) is 0 Å². The largest absolute Gasteiger partial charge is 0.480 e. The summed E-state index contributed by atoms with van der Waals surface area (Å²) in [5.74, 6) is 2.64. The second kappa shape index (κ2) is 8.55. The van der Waals surface area contributed by atoms with Gasteiger partial charge in [0.15, 0.2) is 0 Å². The summed E-state index contributed by atoms with van der Waals surface area (Å²) in [4.78, 5) is 0. The molecule has 0 saturated carbocycles. The van der Waals surface area contributed by atoms with Gasteiger partial charge in [0.1, 0.15) is 13.2 Å². The van der Waals surface area contributed by atoms with Gasteiger partial charge < -0.3 is 9.47 Å². The van der Waals surface area contributed by atoms with Crippen LogP contribution >= 0.6 is 94.1 Å². The Morgan fingerprint density at radius 2 is 1.12 bits per heavy atom. The van der Waals surface area contributed by atoms with Gasteiger partial charge in [0, 0.05) is 0 Å². The molecule has 5 aliphatic heterocycles. The predicted octanol–water partition coefficient (Wildman–Crippen LogP) is 7.16. The minimum Gasteiger partial charge on any atom is -0.480 e. The smallest absolute Gasteiger partial charge is 0.208 e. The van der Waals surface area contributed by atoms with E-state index < -0.39 is 0 Å². The zero-order valence-electron chi connectivity index (χ0n) is 13.2. The van der Waals surface area contributed by atoms with Crippen molar-refractivity contribution in [2.24, 2.45) is 0 Å². The van der Waals surface area contributed by atoms with Crippen LogP contribution in [0.4, 0.5) is 0 Å². The fourth-order valence-corrected chi connectivity index (χ4v) is 15.8. The number of hydrogen-bond acceptors (Lipinski definition) is 10. The predicted molar refractivity (Wildman–Crippen MR) is 125 cm³/mol. The molecule has 5 aliphatic rings. The van der Waals surface area contributed by atoms with E-state index in [4.69, 9.17) is 9.47 Å². The van der Waals surface area contributed by atoms with Crippen LogP contribution in [0.25, 0.3) is 0 Å². The number of rotatable bonds is 0. The van der Waals surface area contributed by atoms with E-state index in [0.717, 1.165) is 10.2 Å². The lowest BCUT2D eigenvalue weighted by Gasteiger charge is -2.29. The third kappa shape index (κ3) is 4.16. The molecule has 2 nitrogen and oxygen atoms in total. The zero-order valence-corrected chi connectivity index (χ0v) is 19.7. The molecule has 0 aliphatic carbocycles. The van der Waals surface area contributed by atoms with Crippen molar-refractivity contribution < 1.29 is 9.47 Å². The van der Waals surface area contributed by atoms with E-state index in [1.165, 1.54) is 47.7 Å². The normalized spacial score (nSPS) is 33.0. The molecule has 136 valence electrons. The van der Waals surface area contributed by atoms with Crippen molar-refractivity contribution in [2.45, 2.75) is 28.4 Å². The monoisotopic (exact) mass is 484 g/mol. The van der Waals surface area contributed by atoms with E-state index in [1.807, 2.05) is 23.5 Å². The van der Waals surface area contributed by atoms with Gasteiger partial charge >= 0.3 is 0 Å². The van der Waals surface area contributed by atoms with Crippen LogP contribution in [0, 0.1) is 0 Å². The van der Waals surface area contributed by atoms with Crippen molar-refractivity contribution in [1.82, 2.24) is 0 Å². The first-order valence-electron chi connectivity index (χ1n) is 8.13. The maximum absolute atomic E-state index is 5.74. The van der Waals surface area contributed by atoms with E-state index in [0.29, 0.717) is 22.4 Å². The molecule has 0 unspecified atom stereocenters. The molecule has 0 N–H and O–H groups in total. The van der Waals surface area contributed by atoms with Gasteiger partial charge in [0.05, 0.1) is 26.1 Å². The van der Waals surface area contributed by atoms with E-state index in [1.54, 1.807) is 23.5 Å². The number of ether oxygens (including phenoxy) is 2. The van der Waals surface area contributed by atoms with E-state index in [-0.39, 0.29) is 0 Å². The van der Waals surface area contributed by atoms with E-state index in [2.05, 4.69) is 47.0 Å². The second-order valence-corrected chi connectivity index (χ2v) is 16.0. The summed E-state index contributed by atoms with van der Waals surface area (Å²) < 4.78 is 18.7. The molecular formula is C15H16O2S8. The summed E-state index contributed by atoms with van der Waals surface area (Å²) in [7, 11) is 0. The van der Waals surface area contributed by atoms with Gasteiger partial charge in [-0.15, -0.1) is 47.0 Å². The van der Waals surface area contributed by atoms with Gasteiger partial charge in [-0.25, -0.2) is 0 Å². The van der Waals surface area contributed by atoms with Crippen LogP contribution in [-0.4, -0.2) is 33.9 Å². The van der Waals surface area contributed by atoms with Gasteiger partial charge in [-0.1, -0.05) is 29.9 Å². The Morgan fingerprint density at radius 1 is 0.600 bits per heavy atom. The Hall–Kier alpha value is 1.62. The quantitative estimate of drug-likeness (QED) is 0.351. The minimum atomic E-state index is 0.674. The Bertz CT molecular complexity index is 608. The summed E-state index contributed by atoms with van der Waals surface area (Å²) in [6.07, 6.45) is 4.17. The molecular weight excluding hydrogens is 469 g/mol. The van der Waals surface area contributed by atoms with Gasteiger partial charge in [-0.05, 0) is 47.9 Å². The molecule has 0 amide bonds. The molecule has 0 aromatic rings. The van der Waals surface area contributed by atoms with Crippen LogP contribution in [0.1, 0.15) is 19.3 Å². The summed E-state index contributed by atoms with van der Waals surface area (Å²) in [5.41, 5.74) is 0. The van der Waals surface area contributed by atoms with Crippen molar-refractivity contribution in [2.75, 3.05) is 24.7 Å². The molecule has 0 spiro atoms. The van der Waals surface area contributed by atoms with Crippen molar-refractivity contribution in [3.63, 3.8) is 0 Å². The highest BCUT2D eigenvalue weighted by atomic mass is 32.3. The van der Waals surface area contributed by atoms with E-state index >= 15 is 0 Å². The molecule has 0 aromatic heterocycles. The van der Waals surface area contributed by atoms with Crippen molar-refractivity contribution >= 4 is 94.1 Å². The molecule has 5 heterocycles. The third-order valence-electron chi connectivity index (χ3n) is 3.81. The molecule has 10 heteroatoms. The molecule has 5 rings (SSSR count). The fraction of sp³-hybridized carbons (Fsp3) is 0.600. The molecule has 0 radical (unpaired) electrons. The molecule has 2 atom stereocenters. The highest BCUT2D eigenvalue weighted by Gasteiger charge is 2.39. The van der Waals surface area contributed by atoms with Crippen LogP contribution in [0.5, 0.6) is 0 Å². The topological polar surface area (TPSA) is 18.5 Å². The summed E-state index contributed by atoms with van der Waals surface area (Å²) in [5, 5.41) is 1.93.